The van der Waals surface area contributed by atoms with E-state index in [0.717, 1.165) is 114 Å². The number of carbonyl (C=O) groups is 4. The fourth-order valence-corrected chi connectivity index (χ4v) is 13.5. The number of carbonyl (C=O) groups excluding carboxylic acids is 4. The molecule has 0 saturated carbocycles. The average Bonchev–Trinajstić information content (AvgIpc) is 1.55. The first-order valence-corrected chi connectivity index (χ1v) is 43.2. The predicted octanol–water partition coefficient (Wildman–Crippen LogP) is 22.8. The SMILES string of the molecule is CC(C)CCCCCCCCCCCCCCCCCC(=O)OC[C@H](COP(=O)(O)OCC(O)COP(=O)(O)OC[C@@H](COC(=O)CCCCCCCCCC(C)C)OC(=O)CCCCCCCCCCCCCCCCC(C)C)OC(=O)CCCCCCCCCCCC(C)C. The summed E-state index contributed by atoms with van der Waals surface area (Å²) >= 11 is 0. The number of hydrogen-bond donors (Lipinski definition) is 3. The van der Waals surface area contributed by atoms with Crippen LogP contribution in [0.1, 0.15) is 396 Å². The van der Waals surface area contributed by atoms with Gasteiger partial charge in [-0.15, -0.1) is 0 Å². The highest BCUT2D eigenvalue weighted by Gasteiger charge is 2.30. The summed E-state index contributed by atoms with van der Waals surface area (Å²) in [6, 6.07) is 0. The Labute approximate surface area is 594 Å². The quantitative estimate of drug-likeness (QED) is 0.0222. The smallest absolute Gasteiger partial charge is 0.462 e. The molecule has 3 N–H and O–H groups in total. The summed E-state index contributed by atoms with van der Waals surface area (Å²) in [5.41, 5.74) is 0. The molecule has 0 aromatic carbocycles. The Morgan fingerprint density at radius 1 is 0.258 bits per heavy atom. The molecule has 0 heterocycles. The van der Waals surface area contributed by atoms with Crippen LogP contribution in [0.2, 0.25) is 0 Å². The maximum absolute atomic E-state index is 13.1. The zero-order valence-electron chi connectivity index (χ0n) is 63.7. The van der Waals surface area contributed by atoms with Crippen molar-refractivity contribution in [3.05, 3.63) is 0 Å². The van der Waals surface area contributed by atoms with Crippen molar-refractivity contribution in [2.24, 2.45) is 23.7 Å². The Morgan fingerprint density at radius 2 is 0.433 bits per heavy atom. The van der Waals surface area contributed by atoms with Crippen molar-refractivity contribution in [2.75, 3.05) is 39.6 Å². The third-order valence-electron chi connectivity index (χ3n) is 18.1. The van der Waals surface area contributed by atoms with Crippen molar-refractivity contribution < 1.29 is 80.2 Å². The van der Waals surface area contributed by atoms with Gasteiger partial charge in [0.25, 0.3) is 0 Å². The second kappa shape index (κ2) is 67.2. The van der Waals surface area contributed by atoms with Gasteiger partial charge >= 0.3 is 39.5 Å². The number of hydrogen-bond acceptors (Lipinski definition) is 15. The number of ether oxygens (including phenoxy) is 4. The van der Waals surface area contributed by atoms with Crippen LogP contribution in [0.5, 0.6) is 0 Å². The fraction of sp³-hybridized carbons (Fsp3) is 0.949. The molecule has 0 radical (unpaired) electrons. The molecule has 0 amide bonds. The van der Waals surface area contributed by atoms with Crippen LogP contribution in [0.3, 0.4) is 0 Å². The third kappa shape index (κ3) is 72.2. The first kappa shape index (κ1) is 95.1. The molecule has 97 heavy (non-hydrogen) atoms. The maximum atomic E-state index is 13.1. The van der Waals surface area contributed by atoms with Crippen LogP contribution in [0.25, 0.3) is 0 Å². The molecule has 0 saturated heterocycles. The zero-order valence-corrected chi connectivity index (χ0v) is 65.5. The normalized spacial score (nSPS) is 14.1. The van der Waals surface area contributed by atoms with E-state index in [0.29, 0.717) is 31.6 Å². The van der Waals surface area contributed by atoms with Gasteiger partial charge in [-0.05, 0) is 49.4 Å². The first-order chi connectivity index (χ1) is 46.6. The zero-order chi connectivity index (χ0) is 71.7. The van der Waals surface area contributed by atoms with Crippen LogP contribution in [-0.4, -0.2) is 96.7 Å². The number of aliphatic hydroxyl groups excluding tert-OH is 1. The van der Waals surface area contributed by atoms with E-state index >= 15 is 0 Å². The molecule has 3 unspecified atom stereocenters. The second-order valence-electron chi connectivity index (χ2n) is 30.0. The Hall–Kier alpha value is -1.94. The largest absolute Gasteiger partial charge is 0.472 e. The molecule has 0 spiro atoms. The molecule has 0 aliphatic carbocycles. The Kier molecular flexibility index (Phi) is 65.9. The highest BCUT2D eigenvalue weighted by Crippen LogP contribution is 2.45. The molecule has 5 atom stereocenters. The van der Waals surface area contributed by atoms with E-state index in [4.69, 9.17) is 37.0 Å². The summed E-state index contributed by atoms with van der Waals surface area (Å²) < 4.78 is 68.6. The third-order valence-corrected chi connectivity index (χ3v) is 20.0. The van der Waals surface area contributed by atoms with E-state index < -0.39 is 97.5 Å². The van der Waals surface area contributed by atoms with E-state index in [1.807, 2.05) is 0 Å². The van der Waals surface area contributed by atoms with Crippen molar-refractivity contribution in [2.45, 2.75) is 414 Å². The molecule has 19 heteroatoms. The highest BCUT2D eigenvalue weighted by atomic mass is 31.2. The summed E-state index contributed by atoms with van der Waals surface area (Å²) in [5.74, 6) is 0.924. The Balaban J connectivity index is 5.21. The lowest BCUT2D eigenvalue weighted by molar-refractivity contribution is -0.161. The van der Waals surface area contributed by atoms with E-state index in [-0.39, 0.29) is 25.7 Å². The van der Waals surface area contributed by atoms with Gasteiger partial charge in [0.15, 0.2) is 12.2 Å². The van der Waals surface area contributed by atoms with Crippen LogP contribution in [0.15, 0.2) is 0 Å². The molecule has 17 nitrogen and oxygen atoms in total. The first-order valence-electron chi connectivity index (χ1n) is 40.2. The van der Waals surface area contributed by atoms with Gasteiger partial charge in [-0.25, -0.2) is 9.13 Å². The summed E-state index contributed by atoms with van der Waals surface area (Å²) in [6.45, 7) is 14.2. The summed E-state index contributed by atoms with van der Waals surface area (Å²) in [4.78, 5) is 72.9. The van der Waals surface area contributed by atoms with Crippen LogP contribution >= 0.6 is 15.6 Å². The molecular weight excluding hydrogens is 1270 g/mol. The molecule has 0 rings (SSSR count). The van der Waals surface area contributed by atoms with Crippen LogP contribution in [-0.2, 0) is 65.4 Å². The van der Waals surface area contributed by atoms with E-state index in [9.17, 15) is 43.2 Å². The summed E-state index contributed by atoms with van der Waals surface area (Å²) in [5, 5.41) is 10.6. The monoisotopic (exact) mass is 1420 g/mol. The number of rotatable bonds is 75. The van der Waals surface area contributed by atoms with Crippen LogP contribution in [0, 0.1) is 23.7 Å². The minimum atomic E-state index is -4.96. The molecule has 0 aliphatic rings. The number of esters is 4. The van der Waals surface area contributed by atoms with Gasteiger partial charge in [0.2, 0.25) is 0 Å². The molecule has 0 aliphatic heterocycles. The lowest BCUT2D eigenvalue weighted by Gasteiger charge is -2.21. The second-order valence-corrected chi connectivity index (χ2v) is 32.9. The van der Waals surface area contributed by atoms with E-state index in [1.54, 1.807) is 0 Å². The van der Waals surface area contributed by atoms with Crippen molar-refractivity contribution in [3.63, 3.8) is 0 Å². The molecule has 576 valence electrons. The molecule has 0 fully saturated rings. The van der Waals surface area contributed by atoms with Gasteiger partial charge in [0.1, 0.15) is 19.3 Å². The minimum Gasteiger partial charge on any atom is -0.462 e. The molecule has 0 aromatic rings. The predicted molar refractivity (Wildman–Crippen MR) is 395 cm³/mol. The van der Waals surface area contributed by atoms with Gasteiger partial charge in [-0.2, -0.15) is 0 Å². The molecule has 0 aromatic heterocycles. The van der Waals surface area contributed by atoms with Crippen molar-refractivity contribution in [1.29, 1.82) is 0 Å². The van der Waals surface area contributed by atoms with Gasteiger partial charge in [-0.1, -0.05) is 344 Å². The lowest BCUT2D eigenvalue weighted by Crippen LogP contribution is -2.30. The lowest BCUT2D eigenvalue weighted by atomic mass is 10.0. The van der Waals surface area contributed by atoms with Gasteiger partial charge in [0.05, 0.1) is 26.4 Å². The molecular formula is C78H152O17P2. The topological polar surface area (TPSA) is 237 Å². The van der Waals surface area contributed by atoms with Crippen LogP contribution in [0.4, 0.5) is 0 Å². The van der Waals surface area contributed by atoms with Crippen LogP contribution < -0.4 is 0 Å². The molecule has 0 bridgehead atoms. The maximum Gasteiger partial charge on any atom is 0.472 e. The summed E-state index contributed by atoms with van der Waals surface area (Å²) in [6.07, 6.45) is 52.8. The highest BCUT2D eigenvalue weighted by molar-refractivity contribution is 7.47. The fourth-order valence-electron chi connectivity index (χ4n) is 11.9. The van der Waals surface area contributed by atoms with E-state index in [2.05, 4.69) is 55.4 Å². The van der Waals surface area contributed by atoms with Crippen molar-refractivity contribution in [1.82, 2.24) is 0 Å². The van der Waals surface area contributed by atoms with Crippen molar-refractivity contribution in [3.8, 4) is 0 Å². The number of phosphoric acid groups is 2. The van der Waals surface area contributed by atoms with Crippen molar-refractivity contribution >= 4 is 39.5 Å². The Bertz CT molecular complexity index is 1900. The average molecular weight is 1420 g/mol. The van der Waals surface area contributed by atoms with E-state index in [1.165, 1.54) is 193 Å². The number of aliphatic hydroxyl groups is 1. The minimum absolute atomic E-state index is 0.105. The number of phosphoric ester groups is 2. The Morgan fingerprint density at radius 3 is 0.639 bits per heavy atom. The van der Waals surface area contributed by atoms with Gasteiger partial charge in [-0.3, -0.25) is 37.3 Å². The number of unbranched alkanes of at least 4 members (excludes halogenated alkanes) is 41. The standard InChI is InChI=1S/C78H152O17P2/c1-68(2)54-46-38-30-23-18-14-10-9-11-16-20-26-34-42-50-58-75(80)88-64-73(95-78(83)61-53-45-36-28-22-25-32-40-48-56-70(5)6)66-92-96(84,85)90-62-72(79)63-91-97(86,87)93-67-74(65-89-76(81)59-51-43-37-29-33-41-49-57-71(7)8)94-77(82)60-52-44-35-27-21-17-13-12-15-19-24-31-39-47-55-69(3)4/h68-74,79H,9-67H2,1-8H3,(H,84,85)(H,86,87)/t72?,73-,74-/m1/s1. The summed E-state index contributed by atoms with van der Waals surface area (Å²) in [7, 11) is -9.92. The van der Waals surface area contributed by atoms with Gasteiger partial charge < -0.3 is 33.8 Å². The van der Waals surface area contributed by atoms with Gasteiger partial charge in [0, 0.05) is 25.7 Å².